The average Bonchev–Trinajstić information content (AvgIpc) is 3.50. The van der Waals surface area contributed by atoms with Gasteiger partial charge in [0.05, 0.1) is 29.0 Å². The number of aromatic amines is 1. The van der Waals surface area contributed by atoms with Crippen molar-refractivity contribution < 1.29 is 22.5 Å². The maximum atomic E-state index is 12.9. The predicted octanol–water partition coefficient (Wildman–Crippen LogP) is 3.40. The minimum Gasteiger partial charge on any atom is -0.353 e. The standard InChI is InChI=1S/C20H15F3N8O2/c1-9(27-19(32)16-15-18(25-7-24-16)31(2)8-26-15)12-6-14(33-30-12)17-28-11-4-3-10(20(21,22)23)5-13(11)29-17/h3-9H,1-2H3,(H,27,32)(H,28,29)/t9-/m1/s1. The fourth-order valence-electron chi connectivity index (χ4n) is 3.36. The quantitative estimate of drug-likeness (QED) is 0.424. The Bertz CT molecular complexity index is 1500. The maximum absolute atomic E-state index is 12.9. The Morgan fingerprint density at radius 3 is 2.82 bits per heavy atom. The fourth-order valence-corrected chi connectivity index (χ4v) is 3.36. The molecule has 0 unspecified atom stereocenters. The van der Waals surface area contributed by atoms with Gasteiger partial charge in [-0.2, -0.15) is 13.2 Å². The van der Waals surface area contributed by atoms with Crippen molar-refractivity contribution in [2.24, 2.45) is 7.05 Å². The van der Waals surface area contributed by atoms with Crippen LogP contribution in [-0.4, -0.2) is 40.6 Å². The molecule has 1 amide bonds. The van der Waals surface area contributed by atoms with Crippen LogP contribution in [0.3, 0.4) is 0 Å². The molecule has 0 spiro atoms. The van der Waals surface area contributed by atoms with Crippen LogP contribution in [0.25, 0.3) is 33.8 Å². The van der Waals surface area contributed by atoms with E-state index in [1.807, 2.05) is 0 Å². The second-order valence-corrected chi connectivity index (χ2v) is 7.38. The highest BCUT2D eigenvalue weighted by Crippen LogP contribution is 2.32. The summed E-state index contributed by atoms with van der Waals surface area (Å²) in [5.74, 6) is -0.0424. The number of hydrogen-bond donors (Lipinski definition) is 2. The van der Waals surface area contributed by atoms with Crippen molar-refractivity contribution in [3.05, 3.63) is 53.9 Å². The molecule has 0 fully saturated rings. The van der Waals surface area contributed by atoms with Crippen LogP contribution in [-0.2, 0) is 13.2 Å². The molecule has 5 rings (SSSR count). The lowest BCUT2D eigenvalue weighted by Crippen LogP contribution is -2.28. The Labute approximate surface area is 182 Å². The number of carbonyl (C=O) groups is 1. The number of hydrogen-bond acceptors (Lipinski definition) is 7. The summed E-state index contributed by atoms with van der Waals surface area (Å²) >= 11 is 0. The number of aryl methyl sites for hydroxylation is 1. The van der Waals surface area contributed by atoms with E-state index < -0.39 is 23.7 Å². The number of carbonyl (C=O) groups excluding carboxylic acids is 1. The smallest absolute Gasteiger partial charge is 0.353 e. The number of H-pyrrole nitrogens is 1. The second-order valence-electron chi connectivity index (χ2n) is 7.38. The maximum Gasteiger partial charge on any atom is 0.416 e. The summed E-state index contributed by atoms with van der Waals surface area (Å²) in [5, 5.41) is 6.72. The first kappa shape index (κ1) is 20.6. The van der Waals surface area contributed by atoms with Gasteiger partial charge in [-0.15, -0.1) is 0 Å². The molecular formula is C20H15F3N8O2. The van der Waals surface area contributed by atoms with Gasteiger partial charge in [0.25, 0.3) is 5.91 Å². The zero-order valence-corrected chi connectivity index (χ0v) is 17.2. The number of nitrogens with zero attached hydrogens (tertiary/aromatic N) is 6. The molecule has 2 N–H and O–H groups in total. The van der Waals surface area contributed by atoms with E-state index in [-0.39, 0.29) is 22.8 Å². The number of aromatic nitrogens is 7. The highest BCUT2D eigenvalue weighted by Gasteiger charge is 2.31. The third-order valence-electron chi connectivity index (χ3n) is 5.07. The molecule has 5 aromatic rings. The SMILES string of the molecule is C[C@@H](NC(=O)c1ncnc2c1ncn2C)c1cc(-c2nc3ccc(C(F)(F)F)cc3[nH]2)on1. The first-order valence-electron chi connectivity index (χ1n) is 9.67. The highest BCUT2D eigenvalue weighted by molar-refractivity contribution is 6.02. The second kappa shape index (κ2) is 7.39. The van der Waals surface area contributed by atoms with Crippen molar-refractivity contribution in [2.75, 3.05) is 0 Å². The van der Waals surface area contributed by atoms with Crippen molar-refractivity contribution in [3.8, 4) is 11.6 Å². The molecular weight excluding hydrogens is 441 g/mol. The zero-order chi connectivity index (χ0) is 23.3. The van der Waals surface area contributed by atoms with Gasteiger partial charge in [0.1, 0.15) is 17.5 Å². The number of imidazole rings is 2. The Morgan fingerprint density at radius 1 is 1.21 bits per heavy atom. The Kier molecular flexibility index (Phi) is 4.62. The van der Waals surface area contributed by atoms with Crippen molar-refractivity contribution >= 4 is 28.1 Å². The van der Waals surface area contributed by atoms with Gasteiger partial charge in [-0.1, -0.05) is 5.16 Å². The minimum atomic E-state index is -4.46. The first-order valence-corrected chi connectivity index (χ1v) is 9.67. The van der Waals surface area contributed by atoms with Gasteiger partial charge in [-0.25, -0.2) is 19.9 Å². The summed E-state index contributed by atoms with van der Waals surface area (Å²) in [6.07, 6.45) is -1.64. The molecule has 0 radical (unpaired) electrons. The average molecular weight is 456 g/mol. The van der Waals surface area contributed by atoms with Crippen molar-refractivity contribution in [1.82, 2.24) is 40.0 Å². The number of fused-ring (bicyclic) bond motifs is 2. The molecule has 0 saturated heterocycles. The Hall–Kier alpha value is -4.29. The van der Waals surface area contributed by atoms with E-state index in [1.54, 1.807) is 24.6 Å². The summed E-state index contributed by atoms with van der Waals surface area (Å²) in [7, 11) is 1.76. The van der Waals surface area contributed by atoms with E-state index in [4.69, 9.17) is 4.52 Å². The number of halogens is 3. The van der Waals surface area contributed by atoms with Crippen LogP contribution in [0.1, 0.15) is 34.7 Å². The van der Waals surface area contributed by atoms with Crippen LogP contribution in [0.2, 0.25) is 0 Å². The van der Waals surface area contributed by atoms with Crippen LogP contribution < -0.4 is 5.32 Å². The van der Waals surface area contributed by atoms with Crippen LogP contribution >= 0.6 is 0 Å². The number of nitrogens with one attached hydrogen (secondary N) is 2. The van der Waals surface area contributed by atoms with Gasteiger partial charge < -0.3 is 19.4 Å². The Morgan fingerprint density at radius 2 is 2.03 bits per heavy atom. The lowest BCUT2D eigenvalue weighted by molar-refractivity contribution is -0.137. The first-order chi connectivity index (χ1) is 15.7. The normalized spacial score (nSPS) is 13.0. The monoisotopic (exact) mass is 456 g/mol. The van der Waals surface area contributed by atoms with Gasteiger partial charge in [0.2, 0.25) is 5.76 Å². The topological polar surface area (TPSA) is 127 Å². The predicted molar refractivity (Wildman–Crippen MR) is 109 cm³/mol. The molecule has 0 aliphatic carbocycles. The largest absolute Gasteiger partial charge is 0.416 e. The van der Waals surface area contributed by atoms with Crippen LogP contribution in [0.4, 0.5) is 13.2 Å². The molecule has 0 bridgehead atoms. The molecule has 0 aliphatic heterocycles. The van der Waals surface area contributed by atoms with E-state index in [0.717, 1.165) is 12.1 Å². The lowest BCUT2D eigenvalue weighted by Gasteiger charge is -2.10. The van der Waals surface area contributed by atoms with E-state index in [0.29, 0.717) is 22.4 Å². The number of rotatable bonds is 4. The number of alkyl halides is 3. The van der Waals surface area contributed by atoms with E-state index in [9.17, 15) is 18.0 Å². The van der Waals surface area contributed by atoms with Crippen LogP contribution in [0.5, 0.6) is 0 Å². The molecule has 4 heterocycles. The summed E-state index contributed by atoms with van der Waals surface area (Å²) in [5.41, 5.74) is 1.17. The molecule has 168 valence electrons. The van der Waals surface area contributed by atoms with Gasteiger partial charge in [-0.05, 0) is 25.1 Å². The third-order valence-corrected chi connectivity index (χ3v) is 5.07. The molecule has 33 heavy (non-hydrogen) atoms. The molecule has 1 atom stereocenters. The van der Waals surface area contributed by atoms with E-state index >= 15 is 0 Å². The fraction of sp³-hybridized carbons (Fsp3) is 0.200. The van der Waals surface area contributed by atoms with Crippen molar-refractivity contribution in [2.45, 2.75) is 19.1 Å². The lowest BCUT2D eigenvalue weighted by atomic mass is 10.2. The van der Waals surface area contributed by atoms with Crippen LogP contribution in [0, 0.1) is 0 Å². The molecule has 0 aliphatic rings. The van der Waals surface area contributed by atoms with E-state index in [1.165, 1.54) is 18.7 Å². The van der Waals surface area contributed by atoms with Crippen LogP contribution in [0.15, 0.2) is 41.4 Å². The van der Waals surface area contributed by atoms with Gasteiger partial charge in [-0.3, -0.25) is 4.79 Å². The summed E-state index contributed by atoms with van der Waals surface area (Å²) in [6.45, 7) is 1.70. The Balaban J connectivity index is 1.37. The minimum absolute atomic E-state index is 0.119. The number of amides is 1. The molecule has 1 aromatic carbocycles. The summed E-state index contributed by atoms with van der Waals surface area (Å²) in [6, 6.07) is 4.20. The number of benzene rings is 1. The van der Waals surface area contributed by atoms with Gasteiger partial charge >= 0.3 is 6.18 Å². The molecule has 13 heteroatoms. The summed E-state index contributed by atoms with van der Waals surface area (Å²) in [4.78, 5) is 32.1. The molecule has 4 aromatic heterocycles. The van der Waals surface area contributed by atoms with Crippen molar-refractivity contribution in [1.29, 1.82) is 0 Å². The van der Waals surface area contributed by atoms with Crippen molar-refractivity contribution in [3.63, 3.8) is 0 Å². The van der Waals surface area contributed by atoms with E-state index in [2.05, 4.69) is 35.4 Å². The zero-order valence-electron chi connectivity index (χ0n) is 17.2. The highest BCUT2D eigenvalue weighted by atomic mass is 19.4. The summed E-state index contributed by atoms with van der Waals surface area (Å²) < 4.78 is 45.8. The van der Waals surface area contributed by atoms with Gasteiger partial charge in [0.15, 0.2) is 17.2 Å². The molecule has 10 nitrogen and oxygen atoms in total. The third kappa shape index (κ3) is 3.66. The molecule has 0 saturated carbocycles. The van der Waals surface area contributed by atoms with Gasteiger partial charge in [0, 0.05) is 13.1 Å².